The van der Waals surface area contributed by atoms with Gasteiger partial charge in [-0.25, -0.2) is 9.97 Å². The SMILES string of the molecule is Cc1csc2ncnc(N3CCC(C(=O)O)CC3)c12. The number of aryl methyl sites for hydroxylation is 1. The molecule has 0 aromatic carbocycles. The van der Waals surface area contributed by atoms with E-state index in [1.54, 1.807) is 17.7 Å². The third kappa shape index (κ3) is 2.16. The van der Waals surface area contributed by atoms with Crippen LogP contribution in [-0.2, 0) is 4.79 Å². The molecule has 0 radical (unpaired) electrons. The molecule has 1 aliphatic rings. The molecule has 3 rings (SSSR count). The van der Waals surface area contributed by atoms with Gasteiger partial charge in [-0.2, -0.15) is 0 Å². The van der Waals surface area contributed by atoms with E-state index < -0.39 is 5.97 Å². The third-order valence-corrected chi connectivity index (χ3v) is 4.68. The van der Waals surface area contributed by atoms with E-state index in [0.29, 0.717) is 12.8 Å². The lowest BCUT2D eigenvalue weighted by Gasteiger charge is -2.31. The van der Waals surface area contributed by atoms with Crippen molar-refractivity contribution in [3.05, 3.63) is 17.3 Å². The summed E-state index contributed by atoms with van der Waals surface area (Å²) in [5.74, 6) is 0.0592. The summed E-state index contributed by atoms with van der Waals surface area (Å²) in [5, 5.41) is 12.2. The van der Waals surface area contributed by atoms with Crippen molar-refractivity contribution in [1.29, 1.82) is 0 Å². The number of carboxylic acid groups (broad SMARTS) is 1. The van der Waals surface area contributed by atoms with Crippen molar-refractivity contribution in [3.8, 4) is 0 Å². The molecule has 0 atom stereocenters. The van der Waals surface area contributed by atoms with Gasteiger partial charge in [0.2, 0.25) is 0 Å². The Balaban J connectivity index is 1.90. The van der Waals surface area contributed by atoms with Gasteiger partial charge in [0.15, 0.2) is 0 Å². The summed E-state index contributed by atoms with van der Waals surface area (Å²) in [6.45, 7) is 3.56. The minimum atomic E-state index is -0.681. The summed E-state index contributed by atoms with van der Waals surface area (Å²) in [4.78, 5) is 22.9. The normalized spacial score (nSPS) is 17.0. The van der Waals surface area contributed by atoms with Gasteiger partial charge in [0.1, 0.15) is 17.0 Å². The number of fused-ring (bicyclic) bond motifs is 1. The summed E-state index contributed by atoms with van der Waals surface area (Å²) in [6, 6.07) is 0. The lowest BCUT2D eigenvalue weighted by molar-refractivity contribution is -0.142. The van der Waals surface area contributed by atoms with Crippen LogP contribution < -0.4 is 4.90 Å². The molecule has 2 aromatic heterocycles. The second-order valence-corrected chi connectivity index (χ2v) is 5.75. The first-order valence-corrected chi connectivity index (χ1v) is 7.21. The van der Waals surface area contributed by atoms with Crippen LogP contribution in [0, 0.1) is 12.8 Å². The molecule has 6 heteroatoms. The highest BCUT2D eigenvalue weighted by molar-refractivity contribution is 7.17. The fourth-order valence-electron chi connectivity index (χ4n) is 2.58. The molecule has 0 spiro atoms. The van der Waals surface area contributed by atoms with Crippen molar-refractivity contribution >= 4 is 33.3 Å². The number of aromatic nitrogens is 2. The standard InChI is InChI=1S/C13H15N3O2S/c1-8-6-19-12-10(8)11(14-7-15-12)16-4-2-9(3-5-16)13(17)18/h6-7,9H,2-5H2,1H3,(H,17,18). The Morgan fingerprint density at radius 3 is 2.84 bits per heavy atom. The van der Waals surface area contributed by atoms with Crippen LogP contribution in [0.25, 0.3) is 10.2 Å². The minimum absolute atomic E-state index is 0.211. The number of carbonyl (C=O) groups is 1. The number of hydrogen-bond donors (Lipinski definition) is 1. The molecule has 0 amide bonds. The zero-order chi connectivity index (χ0) is 13.4. The Bertz CT molecular complexity index is 617. The maximum absolute atomic E-state index is 11.0. The van der Waals surface area contributed by atoms with E-state index >= 15 is 0 Å². The summed E-state index contributed by atoms with van der Waals surface area (Å²) < 4.78 is 0. The van der Waals surface area contributed by atoms with Crippen LogP contribution in [0.1, 0.15) is 18.4 Å². The summed E-state index contributed by atoms with van der Waals surface area (Å²) in [7, 11) is 0. The maximum atomic E-state index is 11.0. The molecule has 0 bridgehead atoms. The second kappa shape index (κ2) is 4.77. The molecule has 19 heavy (non-hydrogen) atoms. The number of hydrogen-bond acceptors (Lipinski definition) is 5. The van der Waals surface area contributed by atoms with E-state index in [2.05, 4.69) is 27.2 Å². The van der Waals surface area contributed by atoms with E-state index in [0.717, 1.165) is 29.1 Å². The van der Waals surface area contributed by atoms with E-state index in [1.807, 2.05) is 0 Å². The van der Waals surface area contributed by atoms with E-state index in [9.17, 15) is 4.79 Å². The van der Waals surface area contributed by atoms with Gasteiger partial charge < -0.3 is 10.0 Å². The van der Waals surface area contributed by atoms with Crippen molar-refractivity contribution in [2.45, 2.75) is 19.8 Å². The summed E-state index contributed by atoms with van der Waals surface area (Å²) in [5.41, 5.74) is 1.19. The molecular formula is C13H15N3O2S. The number of nitrogens with zero attached hydrogens (tertiary/aromatic N) is 3. The molecule has 0 aliphatic carbocycles. The zero-order valence-corrected chi connectivity index (χ0v) is 11.5. The predicted octanol–water partition coefficient (Wildman–Crippen LogP) is 2.30. The molecule has 0 unspecified atom stereocenters. The van der Waals surface area contributed by atoms with Gasteiger partial charge in [-0.1, -0.05) is 0 Å². The molecule has 1 aliphatic heterocycles. The predicted molar refractivity (Wildman–Crippen MR) is 74.7 cm³/mol. The van der Waals surface area contributed by atoms with Crippen molar-refractivity contribution in [2.24, 2.45) is 5.92 Å². The summed E-state index contributed by atoms with van der Waals surface area (Å²) in [6.07, 6.45) is 2.96. The average Bonchev–Trinajstić information content (AvgIpc) is 2.81. The average molecular weight is 277 g/mol. The highest BCUT2D eigenvalue weighted by Crippen LogP contribution is 2.32. The summed E-state index contributed by atoms with van der Waals surface area (Å²) >= 11 is 1.63. The smallest absolute Gasteiger partial charge is 0.306 e. The molecule has 1 N–H and O–H groups in total. The molecule has 100 valence electrons. The first-order chi connectivity index (χ1) is 9.16. The second-order valence-electron chi connectivity index (χ2n) is 4.90. The van der Waals surface area contributed by atoms with E-state index in [4.69, 9.17) is 5.11 Å². The Morgan fingerprint density at radius 1 is 1.42 bits per heavy atom. The minimum Gasteiger partial charge on any atom is -0.481 e. The number of aliphatic carboxylic acids is 1. The lowest BCUT2D eigenvalue weighted by Crippen LogP contribution is -2.36. The number of anilines is 1. The van der Waals surface area contributed by atoms with Crippen LogP contribution in [0.3, 0.4) is 0 Å². The Morgan fingerprint density at radius 2 is 2.16 bits per heavy atom. The largest absolute Gasteiger partial charge is 0.481 e. The van der Waals surface area contributed by atoms with Crippen LogP contribution in [0.4, 0.5) is 5.82 Å². The number of piperidine rings is 1. The van der Waals surface area contributed by atoms with Crippen molar-refractivity contribution in [3.63, 3.8) is 0 Å². The van der Waals surface area contributed by atoms with Gasteiger partial charge in [0, 0.05) is 13.1 Å². The molecule has 1 fully saturated rings. The molecule has 3 heterocycles. The van der Waals surface area contributed by atoms with Crippen LogP contribution in [0.5, 0.6) is 0 Å². The fraction of sp³-hybridized carbons (Fsp3) is 0.462. The number of rotatable bonds is 2. The Labute approximate surface area is 114 Å². The Hall–Kier alpha value is -1.69. The highest BCUT2D eigenvalue weighted by atomic mass is 32.1. The lowest BCUT2D eigenvalue weighted by atomic mass is 9.97. The molecule has 0 saturated carbocycles. The first kappa shape index (κ1) is 12.3. The van der Waals surface area contributed by atoms with Gasteiger partial charge in [0.05, 0.1) is 11.3 Å². The topological polar surface area (TPSA) is 66.3 Å². The highest BCUT2D eigenvalue weighted by Gasteiger charge is 2.26. The van der Waals surface area contributed by atoms with Crippen LogP contribution >= 0.6 is 11.3 Å². The van der Waals surface area contributed by atoms with Gasteiger partial charge >= 0.3 is 5.97 Å². The zero-order valence-electron chi connectivity index (χ0n) is 10.7. The van der Waals surface area contributed by atoms with Crippen LogP contribution in [-0.4, -0.2) is 34.1 Å². The monoisotopic (exact) mass is 277 g/mol. The van der Waals surface area contributed by atoms with Gasteiger partial charge in [-0.05, 0) is 30.7 Å². The quantitative estimate of drug-likeness (QED) is 0.912. The van der Waals surface area contributed by atoms with E-state index in [1.165, 1.54) is 5.56 Å². The van der Waals surface area contributed by atoms with Crippen molar-refractivity contribution in [1.82, 2.24) is 9.97 Å². The molecular weight excluding hydrogens is 262 g/mol. The van der Waals surface area contributed by atoms with Gasteiger partial charge in [0.25, 0.3) is 0 Å². The molecule has 2 aromatic rings. The third-order valence-electron chi connectivity index (χ3n) is 3.68. The molecule has 1 saturated heterocycles. The first-order valence-electron chi connectivity index (χ1n) is 6.33. The van der Waals surface area contributed by atoms with E-state index in [-0.39, 0.29) is 5.92 Å². The van der Waals surface area contributed by atoms with Crippen molar-refractivity contribution in [2.75, 3.05) is 18.0 Å². The van der Waals surface area contributed by atoms with Gasteiger partial charge in [-0.3, -0.25) is 4.79 Å². The maximum Gasteiger partial charge on any atom is 0.306 e. The Kier molecular flexibility index (Phi) is 3.10. The van der Waals surface area contributed by atoms with Crippen LogP contribution in [0.2, 0.25) is 0 Å². The molecule has 5 nitrogen and oxygen atoms in total. The van der Waals surface area contributed by atoms with Crippen molar-refractivity contribution < 1.29 is 9.90 Å². The number of carboxylic acids is 1. The van der Waals surface area contributed by atoms with Gasteiger partial charge in [-0.15, -0.1) is 11.3 Å². The van der Waals surface area contributed by atoms with Crippen LogP contribution in [0.15, 0.2) is 11.7 Å². The number of thiophene rings is 1. The fourth-order valence-corrected chi connectivity index (χ4v) is 3.46.